The van der Waals surface area contributed by atoms with Gasteiger partial charge >= 0.3 is 6.03 Å². The third kappa shape index (κ3) is 4.51. The van der Waals surface area contributed by atoms with Gasteiger partial charge in [-0.05, 0) is 12.1 Å². The average molecular weight is 398 g/mol. The van der Waals surface area contributed by atoms with Crippen LogP contribution in [-0.4, -0.2) is 80.7 Å². The van der Waals surface area contributed by atoms with E-state index in [2.05, 4.69) is 31.4 Å². The summed E-state index contributed by atoms with van der Waals surface area (Å²) in [4.78, 5) is 18.9. The number of ether oxygens (including phenoxy) is 2. The molecule has 1 aromatic carbocycles. The van der Waals surface area contributed by atoms with Gasteiger partial charge < -0.3 is 29.5 Å². The van der Waals surface area contributed by atoms with E-state index >= 15 is 0 Å². The molecule has 9 heteroatoms. The number of benzene rings is 1. The molecule has 0 aliphatic carbocycles. The zero-order valence-electron chi connectivity index (χ0n) is 16.6. The SMILES string of the molecule is COc1ccccc1NC(=O)N1CCN(c2cnnc(N3CCOCC3)c2)CC1. The van der Waals surface area contributed by atoms with Crippen molar-refractivity contribution in [3.8, 4) is 5.75 Å². The van der Waals surface area contributed by atoms with Crippen LogP contribution >= 0.6 is 0 Å². The van der Waals surface area contributed by atoms with Crippen molar-refractivity contribution in [2.75, 3.05) is 74.7 Å². The van der Waals surface area contributed by atoms with E-state index in [-0.39, 0.29) is 6.03 Å². The molecule has 4 rings (SSSR count). The quantitative estimate of drug-likeness (QED) is 0.839. The predicted molar refractivity (Wildman–Crippen MR) is 111 cm³/mol. The third-order valence-corrected chi connectivity index (χ3v) is 5.24. The highest BCUT2D eigenvalue weighted by atomic mass is 16.5. The van der Waals surface area contributed by atoms with Gasteiger partial charge in [-0.2, -0.15) is 5.10 Å². The first-order valence-electron chi connectivity index (χ1n) is 9.84. The molecule has 0 saturated carbocycles. The predicted octanol–water partition coefficient (Wildman–Crippen LogP) is 1.68. The number of urea groups is 1. The van der Waals surface area contributed by atoms with Gasteiger partial charge in [-0.15, -0.1) is 5.10 Å². The Labute approximate surface area is 170 Å². The lowest BCUT2D eigenvalue weighted by Crippen LogP contribution is -2.50. The van der Waals surface area contributed by atoms with Crippen molar-refractivity contribution in [3.05, 3.63) is 36.5 Å². The van der Waals surface area contributed by atoms with Crippen molar-refractivity contribution in [2.24, 2.45) is 0 Å². The van der Waals surface area contributed by atoms with Gasteiger partial charge in [0, 0.05) is 45.3 Å². The minimum Gasteiger partial charge on any atom is -0.495 e. The lowest BCUT2D eigenvalue weighted by molar-refractivity contribution is 0.122. The Bertz CT molecular complexity index is 834. The summed E-state index contributed by atoms with van der Waals surface area (Å²) in [5.41, 5.74) is 1.71. The molecule has 1 N–H and O–H groups in total. The van der Waals surface area contributed by atoms with Crippen LogP contribution in [0.25, 0.3) is 0 Å². The smallest absolute Gasteiger partial charge is 0.322 e. The fourth-order valence-corrected chi connectivity index (χ4v) is 3.58. The van der Waals surface area contributed by atoms with Gasteiger partial charge in [0.2, 0.25) is 0 Å². The van der Waals surface area contributed by atoms with Crippen LogP contribution in [0.5, 0.6) is 5.75 Å². The maximum atomic E-state index is 12.6. The van der Waals surface area contributed by atoms with E-state index < -0.39 is 0 Å². The van der Waals surface area contributed by atoms with Gasteiger partial charge in [0.05, 0.1) is 37.9 Å². The van der Waals surface area contributed by atoms with E-state index in [0.717, 1.165) is 37.7 Å². The number of amides is 2. The van der Waals surface area contributed by atoms with Crippen molar-refractivity contribution >= 4 is 23.2 Å². The lowest BCUT2D eigenvalue weighted by atomic mass is 10.2. The van der Waals surface area contributed by atoms with E-state index in [1.807, 2.05) is 29.2 Å². The van der Waals surface area contributed by atoms with Crippen molar-refractivity contribution in [1.29, 1.82) is 0 Å². The molecule has 9 nitrogen and oxygen atoms in total. The Morgan fingerprint density at radius 1 is 1.07 bits per heavy atom. The Kier molecular flexibility index (Phi) is 5.95. The number of hydrogen-bond acceptors (Lipinski definition) is 7. The van der Waals surface area contributed by atoms with Gasteiger partial charge in [-0.25, -0.2) is 4.79 Å². The monoisotopic (exact) mass is 398 g/mol. The highest BCUT2D eigenvalue weighted by molar-refractivity contribution is 5.91. The zero-order valence-corrected chi connectivity index (χ0v) is 16.6. The van der Waals surface area contributed by atoms with E-state index in [1.165, 1.54) is 0 Å². The summed E-state index contributed by atoms with van der Waals surface area (Å²) >= 11 is 0. The Morgan fingerprint density at radius 2 is 1.83 bits per heavy atom. The third-order valence-electron chi connectivity index (χ3n) is 5.24. The van der Waals surface area contributed by atoms with Gasteiger partial charge in [0.1, 0.15) is 5.75 Å². The zero-order chi connectivity index (χ0) is 20.1. The topological polar surface area (TPSA) is 83.1 Å². The fourth-order valence-electron chi connectivity index (χ4n) is 3.58. The van der Waals surface area contributed by atoms with Crippen LogP contribution in [0.3, 0.4) is 0 Å². The minimum absolute atomic E-state index is 0.115. The molecule has 0 spiro atoms. The molecule has 2 aromatic rings. The molecule has 154 valence electrons. The Morgan fingerprint density at radius 3 is 2.59 bits per heavy atom. The van der Waals surface area contributed by atoms with Crippen LogP contribution in [0.1, 0.15) is 0 Å². The maximum Gasteiger partial charge on any atom is 0.322 e. The summed E-state index contributed by atoms with van der Waals surface area (Å²) in [5, 5.41) is 11.4. The Hall–Kier alpha value is -3.07. The fraction of sp³-hybridized carbons (Fsp3) is 0.450. The number of piperazine rings is 1. The van der Waals surface area contributed by atoms with Gasteiger partial charge in [-0.3, -0.25) is 0 Å². The molecule has 0 radical (unpaired) electrons. The molecule has 0 unspecified atom stereocenters. The number of rotatable bonds is 4. The van der Waals surface area contributed by atoms with Crippen molar-refractivity contribution in [1.82, 2.24) is 15.1 Å². The summed E-state index contributed by atoms with van der Waals surface area (Å²) in [5.74, 6) is 1.53. The first-order chi connectivity index (χ1) is 14.2. The second kappa shape index (κ2) is 8.95. The molecule has 0 bridgehead atoms. The standard InChI is InChI=1S/C20H26N6O3/c1-28-18-5-3-2-4-17(18)22-20(27)26-8-6-24(7-9-26)16-14-19(23-21-15-16)25-10-12-29-13-11-25/h2-5,14-15H,6-13H2,1H3,(H,22,27). The molecule has 2 saturated heterocycles. The van der Waals surface area contributed by atoms with Gasteiger partial charge in [-0.1, -0.05) is 12.1 Å². The number of nitrogens with zero attached hydrogens (tertiary/aromatic N) is 5. The number of hydrogen-bond donors (Lipinski definition) is 1. The molecule has 3 heterocycles. The van der Waals surface area contributed by atoms with E-state index in [0.29, 0.717) is 37.7 Å². The minimum atomic E-state index is -0.115. The highest BCUT2D eigenvalue weighted by Gasteiger charge is 2.23. The van der Waals surface area contributed by atoms with Crippen LogP contribution < -0.4 is 19.9 Å². The van der Waals surface area contributed by atoms with Crippen LogP contribution in [0, 0.1) is 0 Å². The van der Waals surface area contributed by atoms with Gasteiger partial charge in [0.25, 0.3) is 0 Å². The summed E-state index contributed by atoms with van der Waals surface area (Å²) in [7, 11) is 1.59. The average Bonchev–Trinajstić information content (AvgIpc) is 2.80. The summed E-state index contributed by atoms with van der Waals surface area (Å²) in [6.45, 7) is 5.84. The normalized spacial score (nSPS) is 17.2. The molecule has 2 aliphatic heterocycles. The molecule has 2 fully saturated rings. The number of aromatic nitrogens is 2. The van der Waals surface area contributed by atoms with Crippen molar-refractivity contribution < 1.29 is 14.3 Å². The number of morpholine rings is 1. The second-order valence-electron chi connectivity index (χ2n) is 6.98. The molecule has 1 aromatic heterocycles. The summed E-state index contributed by atoms with van der Waals surface area (Å²) in [6.07, 6.45) is 1.79. The first-order valence-corrected chi connectivity index (χ1v) is 9.84. The van der Waals surface area contributed by atoms with Crippen LogP contribution in [-0.2, 0) is 4.74 Å². The van der Waals surface area contributed by atoms with Crippen molar-refractivity contribution in [3.63, 3.8) is 0 Å². The number of methoxy groups -OCH3 is 1. The van der Waals surface area contributed by atoms with Crippen LogP contribution in [0.15, 0.2) is 36.5 Å². The molecular formula is C20H26N6O3. The number of carbonyl (C=O) groups excluding carboxylic acids is 1. The Balaban J connectivity index is 1.35. The molecule has 29 heavy (non-hydrogen) atoms. The van der Waals surface area contributed by atoms with E-state index in [4.69, 9.17) is 9.47 Å². The first kappa shape index (κ1) is 19.3. The number of nitrogens with one attached hydrogen (secondary N) is 1. The lowest BCUT2D eigenvalue weighted by Gasteiger charge is -2.36. The molecule has 0 atom stereocenters. The second-order valence-corrected chi connectivity index (χ2v) is 6.98. The molecular weight excluding hydrogens is 372 g/mol. The maximum absolute atomic E-state index is 12.6. The number of carbonyl (C=O) groups is 1. The van der Waals surface area contributed by atoms with Gasteiger partial charge in [0.15, 0.2) is 5.82 Å². The largest absolute Gasteiger partial charge is 0.495 e. The number of anilines is 3. The van der Waals surface area contributed by atoms with E-state index in [9.17, 15) is 4.79 Å². The highest BCUT2D eigenvalue weighted by Crippen LogP contribution is 2.24. The van der Waals surface area contributed by atoms with Crippen molar-refractivity contribution in [2.45, 2.75) is 0 Å². The summed E-state index contributed by atoms with van der Waals surface area (Å²) < 4.78 is 10.7. The number of para-hydroxylation sites is 2. The summed E-state index contributed by atoms with van der Waals surface area (Å²) in [6, 6.07) is 9.37. The molecule has 2 aliphatic rings. The van der Waals surface area contributed by atoms with Crippen LogP contribution in [0.2, 0.25) is 0 Å². The van der Waals surface area contributed by atoms with Crippen LogP contribution in [0.4, 0.5) is 22.0 Å². The van der Waals surface area contributed by atoms with E-state index in [1.54, 1.807) is 13.3 Å². The molecule has 2 amide bonds.